The number of methoxy groups -OCH3 is 1. The summed E-state index contributed by atoms with van der Waals surface area (Å²) in [5.74, 6) is -0.300. The Morgan fingerprint density at radius 2 is 1.81 bits per heavy atom. The molecule has 1 aliphatic heterocycles. The first-order valence-electron chi connectivity index (χ1n) is 11.3. The lowest BCUT2D eigenvalue weighted by molar-refractivity contribution is 0.0950. The predicted octanol–water partition coefficient (Wildman–Crippen LogP) is 3.51. The number of aromatic nitrogens is 4. The summed E-state index contributed by atoms with van der Waals surface area (Å²) in [6.45, 7) is 0.257. The number of carbonyl (C=O) groups excluding carboxylic acids is 1. The molecule has 0 saturated heterocycles. The van der Waals surface area contributed by atoms with E-state index in [4.69, 9.17) is 9.72 Å². The number of nitrogens with one attached hydrogen (secondary N) is 2. The van der Waals surface area contributed by atoms with Crippen LogP contribution in [-0.4, -0.2) is 41.0 Å². The third-order valence-corrected chi connectivity index (χ3v) is 7.41. The highest BCUT2D eigenvalue weighted by Crippen LogP contribution is 2.31. The zero-order valence-corrected chi connectivity index (χ0v) is 20.4. The number of rotatable bonds is 1. The Morgan fingerprint density at radius 1 is 0.973 bits per heavy atom. The molecule has 10 nitrogen and oxygen atoms in total. The molecule has 0 saturated carbocycles. The van der Waals surface area contributed by atoms with E-state index in [1.165, 1.54) is 25.3 Å². The van der Waals surface area contributed by atoms with Crippen LogP contribution in [-0.2, 0) is 16.6 Å². The van der Waals surface area contributed by atoms with E-state index in [0.29, 0.717) is 16.9 Å². The van der Waals surface area contributed by atoms with Crippen molar-refractivity contribution in [2.75, 3.05) is 11.8 Å². The number of hydrogen-bond donors (Lipinski definition) is 2. The molecule has 4 heterocycles. The summed E-state index contributed by atoms with van der Waals surface area (Å²) in [7, 11) is -2.67. The Balaban J connectivity index is 1.57. The maximum Gasteiger partial charge on any atom is 0.262 e. The molecule has 2 aromatic carbocycles. The van der Waals surface area contributed by atoms with Crippen molar-refractivity contribution in [2.45, 2.75) is 11.4 Å². The van der Waals surface area contributed by atoms with Crippen molar-refractivity contribution < 1.29 is 17.9 Å². The first-order valence-corrected chi connectivity index (χ1v) is 12.8. The molecule has 1 aliphatic rings. The van der Waals surface area contributed by atoms with Gasteiger partial charge in [0.25, 0.3) is 15.9 Å². The first-order chi connectivity index (χ1) is 17.9. The van der Waals surface area contributed by atoms with Gasteiger partial charge in [-0.15, -0.1) is 0 Å². The smallest absolute Gasteiger partial charge is 0.262 e. The average Bonchev–Trinajstić information content (AvgIpc) is 3.35. The number of fused-ring (bicyclic) bond motifs is 9. The molecule has 37 heavy (non-hydrogen) atoms. The Kier molecular flexibility index (Phi) is 5.34. The maximum absolute atomic E-state index is 13.3. The highest BCUT2D eigenvalue weighted by molar-refractivity contribution is 7.92. The molecule has 1 amide bonds. The zero-order valence-electron chi connectivity index (χ0n) is 19.5. The van der Waals surface area contributed by atoms with E-state index in [9.17, 15) is 13.2 Å². The van der Waals surface area contributed by atoms with Gasteiger partial charge >= 0.3 is 0 Å². The van der Waals surface area contributed by atoms with Crippen LogP contribution in [0.2, 0.25) is 0 Å². The number of amides is 1. The molecule has 2 N–H and O–H groups in total. The Labute approximate surface area is 212 Å². The van der Waals surface area contributed by atoms with Crippen LogP contribution in [0.5, 0.6) is 5.88 Å². The van der Waals surface area contributed by atoms with Crippen LogP contribution in [0.1, 0.15) is 15.9 Å². The summed E-state index contributed by atoms with van der Waals surface area (Å²) in [4.78, 5) is 21.9. The largest absolute Gasteiger partial charge is 0.480 e. The fraction of sp³-hybridized carbons (Fsp3) is 0.0769. The summed E-state index contributed by atoms with van der Waals surface area (Å²) < 4.78 is 36.0. The van der Waals surface area contributed by atoms with E-state index in [1.54, 1.807) is 41.3 Å². The number of carbonyl (C=O) groups is 1. The van der Waals surface area contributed by atoms with Crippen LogP contribution >= 0.6 is 0 Å². The van der Waals surface area contributed by atoms with Gasteiger partial charge in [0.1, 0.15) is 5.69 Å². The van der Waals surface area contributed by atoms with E-state index in [0.717, 1.165) is 16.7 Å². The van der Waals surface area contributed by atoms with Gasteiger partial charge in [0.2, 0.25) is 5.88 Å². The van der Waals surface area contributed by atoms with Gasteiger partial charge in [-0.3, -0.25) is 9.52 Å². The second kappa shape index (κ2) is 8.71. The van der Waals surface area contributed by atoms with Crippen LogP contribution < -0.4 is 14.8 Å². The molecule has 3 aromatic heterocycles. The lowest BCUT2D eigenvalue weighted by Crippen LogP contribution is -2.23. The van der Waals surface area contributed by atoms with Gasteiger partial charge in [0, 0.05) is 35.6 Å². The second-order valence-electron chi connectivity index (χ2n) is 8.44. The van der Waals surface area contributed by atoms with Crippen molar-refractivity contribution in [2.24, 2.45) is 0 Å². The Bertz CT molecular complexity index is 1800. The van der Waals surface area contributed by atoms with Crippen LogP contribution in [0.3, 0.4) is 0 Å². The van der Waals surface area contributed by atoms with E-state index < -0.39 is 15.9 Å². The number of anilines is 1. The van der Waals surface area contributed by atoms with Crippen LogP contribution in [0.15, 0.2) is 84.1 Å². The minimum absolute atomic E-state index is 0.0702. The lowest BCUT2D eigenvalue weighted by atomic mass is 10.1. The molecule has 0 aliphatic carbocycles. The van der Waals surface area contributed by atoms with Gasteiger partial charge in [-0.2, -0.15) is 5.10 Å². The minimum atomic E-state index is -4.07. The third kappa shape index (κ3) is 4.15. The first kappa shape index (κ1) is 22.7. The highest BCUT2D eigenvalue weighted by Gasteiger charge is 2.21. The van der Waals surface area contributed by atoms with Crippen molar-refractivity contribution >= 4 is 27.3 Å². The van der Waals surface area contributed by atoms with Crippen molar-refractivity contribution in [1.82, 2.24) is 24.9 Å². The summed E-state index contributed by atoms with van der Waals surface area (Å²) in [6.07, 6.45) is 5.08. The van der Waals surface area contributed by atoms with Crippen molar-refractivity contribution in [1.29, 1.82) is 0 Å². The van der Waals surface area contributed by atoms with Crippen LogP contribution in [0.4, 0.5) is 5.69 Å². The fourth-order valence-electron chi connectivity index (χ4n) is 4.20. The minimum Gasteiger partial charge on any atom is -0.480 e. The fourth-order valence-corrected chi connectivity index (χ4v) is 5.30. The number of benzene rings is 2. The average molecular weight is 513 g/mol. The number of hydrogen-bond acceptors (Lipinski definition) is 7. The molecule has 0 spiro atoms. The molecule has 0 fully saturated rings. The molecular formula is C26H20N6O4S. The lowest BCUT2D eigenvalue weighted by Gasteiger charge is -2.14. The molecule has 0 unspecified atom stereocenters. The van der Waals surface area contributed by atoms with Gasteiger partial charge in [0.05, 0.1) is 23.9 Å². The molecule has 11 heteroatoms. The van der Waals surface area contributed by atoms with Crippen LogP contribution in [0.25, 0.3) is 28.0 Å². The quantitative estimate of drug-likeness (QED) is 0.352. The zero-order chi connectivity index (χ0) is 25.6. The predicted molar refractivity (Wildman–Crippen MR) is 137 cm³/mol. The van der Waals surface area contributed by atoms with E-state index in [2.05, 4.69) is 20.1 Å². The molecule has 0 atom stereocenters. The molecule has 6 rings (SSSR count). The Hall–Kier alpha value is -4.77. The number of sulfonamides is 1. The van der Waals surface area contributed by atoms with Gasteiger partial charge in [-0.1, -0.05) is 24.3 Å². The molecule has 8 bridgehead atoms. The van der Waals surface area contributed by atoms with E-state index >= 15 is 0 Å². The van der Waals surface area contributed by atoms with Crippen LogP contribution in [0, 0.1) is 0 Å². The number of pyridine rings is 1. The monoisotopic (exact) mass is 512 g/mol. The highest BCUT2D eigenvalue weighted by atomic mass is 32.2. The van der Waals surface area contributed by atoms with Crippen molar-refractivity contribution in [3.05, 3.63) is 90.4 Å². The van der Waals surface area contributed by atoms with Gasteiger partial charge in [-0.05, 0) is 47.5 Å². The molecule has 5 aromatic rings. The Morgan fingerprint density at radius 3 is 2.68 bits per heavy atom. The number of ether oxygens (including phenoxy) is 1. The van der Waals surface area contributed by atoms with Crippen molar-refractivity contribution in [3.63, 3.8) is 0 Å². The molecular weight excluding hydrogens is 492 g/mol. The third-order valence-electron chi connectivity index (χ3n) is 6.05. The van der Waals surface area contributed by atoms with Crippen molar-refractivity contribution in [3.8, 4) is 28.3 Å². The normalized spacial score (nSPS) is 14.4. The van der Waals surface area contributed by atoms with E-state index in [1.807, 2.05) is 24.3 Å². The summed E-state index contributed by atoms with van der Waals surface area (Å²) >= 11 is 0. The standard InChI is InChI=1S/C26H20N6O4S/c1-36-26-23-12-19(14-28-26)22-8-9-32-24(30-22)21(15-29-32)17-5-2-4-16(10-17)13-27-25(33)18-6-3-7-20(11-18)37(34,35)31-23/h2-12,14-15,31H,13H2,1H3,(H,27,33). The second-order valence-corrected chi connectivity index (χ2v) is 10.1. The summed E-state index contributed by atoms with van der Waals surface area (Å²) in [5, 5.41) is 7.28. The van der Waals surface area contributed by atoms with Gasteiger partial charge < -0.3 is 10.1 Å². The summed E-state index contributed by atoms with van der Waals surface area (Å²) in [6, 6.07) is 17.0. The molecule has 0 radical (unpaired) electrons. The molecule has 184 valence electrons. The SMILES string of the molecule is COc1ncc2cc1NS(=O)(=O)c1cccc(c1)C(=O)NCc1cccc(c1)-c1cnn3ccc-2nc13. The van der Waals surface area contributed by atoms with Gasteiger partial charge in [0.15, 0.2) is 5.65 Å². The number of nitrogens with zero attached hydrogens (tertiary/aromatic N) is 4. The topological polar surface area (TPSA) is 128 Å². The summed E-state index contributed by atoms with van der Waals surface area (Å²) in [5.41, 5.74) is 4.72. The van der Waals surface area contributed by atoms with E-state index in [-0.39, 0.29) is 28.6 Å². The van der Waals surface area contributed by atoms with Gasteiger partial charge in [-0.25, -0.2) is 22.9 Å². The maximum atomic E-state index is 13.3.